The highest BCUT2D eigenvalue weighted by Crippen LogP contribution is 2.38. The highest BCUT2D eigenvalue weighted by atomic mass is 32.2. The summed E-state index contributed by atoms with van der Waals surface area (Å²) in [7, 11) is -0.854. The second-order valence-electron chi connectivity index (χ2n) is 8.77. The van der Waals surface area contributed by atoms with Gasteiger partial charge in [0.05, 0.1) is 17.5 Å². The number of carbonyl (C=O) groups excluding carboxylic acids is 1. The second kappa shape index (κ2) is 8.97. The maximum Gasteiger partial charge on any atom is 0.409 e. The monoisotopic (exact) mass is 497 g/mol. The summed E-state index contributed by atoms with van der Waals surface area (Å²) in [5.41, 5.74) is 1.33. The molecule has 184 valence electrons. The average molecular weight is 498 g/mol. The van der Waals surface area contributed by atoms with Gasteiger partial charge in [-0.05, 0) is 43.9 Å². The van der Waals surface area contributed by atoms with Crippen LogP contribution in [0, 0.1) is 0 Å². The Balaban J connectivity index is 1.63. The molecule has 1 aliphatic rings. The number of aliphatic hydroxyl groups excluding tert-OH is 1. The van der Waals surface area contributed by atoms with Crippen molar-refractivity contribution in [3.05, 3.63) is 48.4 Å². The molecule has 0 spiro atoms. The summed E-state index contributed by atoms with van der Waals surface area (Å²) in [4.78, 5) is 25.8. The van der Waals surface area contributed by atoms with Crippen molar-refractivity contribution in [1.82, 2.24) is 24.4 Å². The highest BCUT2D eigenvalue weighted by Gasteiger charge is 2.33. The van der Waals surface area contributed by atoms with Gasteiger partial charge in [-0.1, -0.05) is 18.2 Å². The third-order valence-corrected chi connectivity index (χ3v) is 8.56. The molecule has 1 aromatic carbocycles. The largest absolute Gasteiger partial charge is 0.453 e. The van der Waals surface area contributed by atoms with Crippen LogP contribution in [0.2, 0.25) is 0 Å². The number of nitrogens with one attached hydrogen (secondary N) is 1. The van der Waals surface area contributed by atoms with E-state index >= 15 is 0 Å². The first-order valence-electron chi connectivity index (χ1n) is 11.5. The third kappa shape index (κ3) is 3.84. The van der Waals surface area contributed by atoms with Crippen LogP contribution in [0.5, 0.6) is 0 Å². The Labute approximate surface area is 202 Å². The molecule has 0 bridgehead atoms. The first kappa shape index (κ1) is 23.3. The van der Waals surface area contributed by atoms with Crippen LogP contribution in [0.3, 0.4) is 0 Å². The highest BCUT2D eigenvalue weighted by molar-refractivity contribution is 7.91. The van der Waals surface area contributed by atoms with E-state index in [1.54, 1.807) is 36.3 Å². The molecule has 3 heterocycles. The summed E-state index contributed by atoms with van der Waals surface area (Å²) >= 11 is 0. The first-order chi connectivity index (χ1) is 16.9. The van der Waals surface area contributed by atoms with Crippen molar-refractivity contribution in [1.29, 1.82) is 0 Å². The van der Waals surface area contributed by atoms with Crippen molar-refractivity contribution in [3.63, 3.8) is 0 Å². The molecule has 0 atom stereocenters. The minimum Gasteiger partial charge on any atom is -0.453 e. The number of H-pyrrole nitrogens is 1. The second-order valence-corrected chi connectivity index (χ2v) is 10.6. The van der Waals surface area contributed by atoms with E-state index in [2.05, 4.69) is 15.0 Å². The molecule has 4 aromatic rings. The van der Waals surface area contributed by atoms with Crippen molar-refractivity contribution in [2.75, 3.05) is 14.2 Å². The number of amides is 1. The number of benzene rings is 1. The van der Waals surface area contributed by atoms with Crippen LogP contribution >= 0.6 is 0 Å². The van der Waals surface area contributed by atoms with Crippen molar-refractivity contribution < 1.29 is 23.1 Å². The van der Waals surface area contributed by atoms with Gasteiger partial charge in [0.1, 0.15) is 23.6 Å². The van der Waals surface area contributed by atoms with Gasteiger partial charge in [-0.25, -0.2) is 23.2 Å². The first-order valence-corrected chi connectivity index (χ1v) is 12.9. The molecular formula is C24H27N5O5S. The van der Waals surface area contributed by atoms with Gasteiger partial charge in [-0.2, -0.15) is 0 Å². The van der Waals surface area contributed by atoms with Gasteiger partial charge >= 0.3 is 6.09 Å². The molecule has 1 fully saturated rings. The number of methoxy groups -OCH3 is 1. The zero-order valence-electron chi connectivity index (χ0n) is 19.5. The number of fused-ring (bicyclic) bond motifs is 3. The molecule has 5 rings (SSSR count). The molecule has 2 N–H and O–H groups in total. The van der Waals surface area contributed by atoms with E-state index in [0.29, 0.717) is 17.0 Å². The standard InChI is InChI=1S/C24H27N5O5S/c1-28(24(31)34-2)15-8-10-16(11-9-15)29-19(14-30)26-20-21(29)18-12-13-25-22(18)27-23(20)35(32,33)17-6-4-3-5-7-17/h3-7,12-13,15-16,30H,8-11,14H2,1-2H3,(H,25,27). The minimum absolute atomic E-state index is 0.0165. The van der Waals surface area contributed by atoms with E-state index in [1.807, 2.05) is 10.6 Å². The Bertz CT molecular complexity index is 1490. The van der Waals surface area contributed by atoms with Gasteiger partial charge in [0.2, 0.25) is 9.84 Å². The van der Waals surface area contributed by atoms with Gasteiger partial charge in [0, 0.05) is 30.7 Å². The minimum atomic E-state index is -3.96. The molecule has 10 nitrogen and oxygen atoms in total. The van der Waals surface area contributed by atoms with Crippen molar-refractivity contribution >= 4 is 38.0 Å². The van der Waals surface area contributed by atoms with E-state index in [9.17, 15) is 18.3 Å². The molecule has 1 saturated carbocycles. The summed E-state index contributed by atoms with van der Waals surface area (Å²) in [6.07, 6.45) is 4.32. The number of aromatic nitrogens is 4. The lowest BCUT2D eigenvalue weighted by Crippen LogP contribution is -2.39. The number of pyridine rings is 1. The Morgan fingerprint density at radius 3 is 2.54 bits per heavy atom. The Morgan fingerprint density at radius 1 is 1.17 bits per heavy atom. The van der Waals surface area contributed by atoms with Crippen LogP contribution in [0.25, 0.3) is 22.1 Å². The Morgan fingerprint density at radius 2 is 1.89 bits per heavy atom. The SMILES string of the molecule is COC(=O)N(C)C1CCC(n2c(CO)nc3c(S(=O)(=O)c4ccccc4)nc4[nH]ccc4c32)CC1. The summed E-state index contributed by atoms with van der Waals surface area (Å²) in [6.45, 7) is -0.340. The molecule has 1 aliphatic carbocycles. The quantitative estimate of drug-likeness (QED) is 0.432. The molecule has 35 heavy (non-hydrogen) atoms. The maximum absolute atomic E-state index is 13.6. The Kier molecular flexibility index (Phi) is 5.97. The van der Waals surface area contributed by atoms with Gasteiger partial charge in [-0.3, -0.25) is 0 Å². The molecule has 11 heteroatoms. The van der Waals surface area contributed by atoms with Crippen LogP contribution < -0.4 is 0 Å². The van der Waals surface area contributed by atoms with Crippen LogP contribution in [-0.2, 0) is 21.2 Å². The summed E-state index contributed by atoms with van der Waals surface area (Å²) < 4.78 is 34.0. The fraction of sp³-hybridized carbons (Fsp3) is 0.375. The Hall–Kier alpha value is -3.44. The smallest absolute Gasteiger partial charge is 0.409 e. The summed E-state index contributed by atoms with van der Waals surface area (Å²) in [5.74, 6) is 0.393. The van der Waals surface area contributed by atoms with Crippen LogP contribution in [0.15, 0.2) is 52.5 Å². The topological polar surface area (TPSA) is 130 Å². The van der Waals surface area contributed by atoms with Gasteiger partial charge in [0.15, 0.2) is 5.03 Å². The lowest BCUT2D eigenvalue weighted by atomic mass is 9.90. The predicted octanol–water partition coefficient (Wildman–Crippen LogP) is 3.42. The maximum atomic E-state index is 13.6. The summed E-state index contributed by atoms with van der Waals surface area (Å²) in [5, 5.41) is 10.8. The van der Waals surface area contributed by atoms with Crippen molar-refractivity contribution in [2.45, 2.75) is 54.3 Å². The van der Waals surface area contributed by atoms with E-state index in [1.165, 1.54) is 19.2 Å². The van der Waals surface area contributed by atoms with E-state index in [-0.39, 0.29) is 40.2 Å². The van der Waals surface area contributed by atoms with Crippen LogP contribution in [-0.4, -0.2) is 64.2 Å². The van der Waals surface area contributed by atoms with Crippen molar-refractivity contribution in [2.24, 2.45) is 0 Å². The number of rotatable bonds is 5. The summed E-state index contributed by atoms with van der Waals surface area (Å²) in [6, 6.07) is 10.0. The number of imidazole rings is 1. The molecule has 0 saturated heterocycles. The van der Waals surface area contributed by atoms with E-state index < -0.39 is 9.84 Å². The number of sulfone groups is 1. The number of ether oxygens (including phenoxy) is 1. The van der Waals surface area contributed by atoms with Gasteiger partial charge in [0.25, 0.3) is 0 Å². The average Bonchev–Trinajstić information content (AvgIpc) is 3.52. The van der Waals surface area contributed by atoms with Gasteiger partial charge < -0.3 is 24.3 Å². The third-order valence-electron chi connectivity index (χ3n) is 6.87. The van der Waals surface area contributed by atoms with E-state index in [4.69, 9.17) is 4.74 Å². The number of aliphatic hydroxyl groups is 1. The molecular weight excluding hydrogens is 470 g/mol. The fourth-order valence-corrected chi connectivity index (χ4v) is 6.43. The fourth-order valence-electron chi connectivity index (χ4n) is 5.08. The lowest BCUT2D eigenvalue weighted by Gasteiger charge is -2.35. The normalized spacial score (nSPS) is 18.7. The lowest BCUT2D eigenvalue weighted by molar-refractivity contribution is 0.102. The number of hydrogen-bond acceptors (Lipinski definition) is 7. The molecule has 3 aromatic heterocycles. The van der Waals surface area contributed by atoms with Gasteiger partial charge in [-0.15, -0.1) is 0 Å². The number of nitrogens with zero attached hydrogens (tertiary/aromatic N) is 4. The van der Waals surface area contributed by atoms with Crippen LogP contribution in [0.1, 0.15) is 37.5 Å². The molecule has 1 amide bonds. The molecule has 0 unspecified atom stereocenters. The number of hydrogen-bond donors (Lipinski definition) is 2. The predicted molar refractivity (Wildman–Crippen MR) is 129 cm³/mol. The zero-order chi connectivity index (χ0) is 24.7. The van der Waals surface area contributed by atoms with E-state index in [0.717, 1.165) is 31.1 Å². The number of aromatic amines is 1. The number of carbonyl (C=O) groups is 1. The zero-order valence-corrected chi connectivity index (χ0v) is 20.3. The molecule has 0 radical (unpaired) electrons. The van der Waals surface area contributed by atoms with Crippen LogP contribution in [0.4, 0.5) is 4.79 Å². The molecule has 0 aliphatic heterocycles. The van der Waals surface area contributed by atoms with Crippen molar-refractivity contribution in [3.8, 4) is 0 Å².